The first kappa shape index (κ1) is 13.9. The standard InChI is InChI=1S/C10H11I2NO3/c1-10(2,3)16-9(14)15-7-4-6(11)5-13-8(7)12/h4-5H,1-3H3. The Kier molecular flexibility index (Phi) is 4.77. The molecule has 0 aliphatic carbocycles. The van der Waals surface area contributed by atoms with E-state index in [0.29, 0.717) is 9.45 Å². The summed E-state index contributed by atoms with van der Waals surface area (Å²) >= 11 is 4.10. The van der Waals surface area contributed by atoms with Crippen molar-refractivity contribution in [2.45, 2.75) is 26.4 Å². The molecule has 1 aromatic heterocycles. The van der Waals surface area contributed by atoms with Crippen LogP contribution >= 0.6 is 45.2 Å². The van der Waals surface area contributed by atoms with Crippen LogP contribution in [0.2, 0.25) is 0 Å². The van der Waals surface area contributed by atoms with Crippen LogP contribution in [0.15, 0.2) is 12.3 Å². The summed E-state index contributed by atoms with van der Waals surface area (Å²) in [6.45, 7) is 5.35. The van der Waals surface area contributed by atoms with Gasteiger partial charge in [-0.2, -0.15) is 0 Å². The zero-order valence-electron chi connectivity index (χ0n) is 9.08. The van der Waals surface area contributed by atoms with E-state index < -0.39 is 11.8 Å². The summed E-state index contributed by atoms with van der Waals surface area (Å²) in [5, 5.41) is 0. The van der Waals surface area contributed by atoms with Crippen molar-refractivity contribution in [1.29, 1.82) is 0 Å². The Hall–Kier alpha value is -0.120. The van der Waals surface area contributed by atoms with Crippen molar-refractivity contribution in [1.82, 2.24) is 4.98 Å². The zero-order chi connectivity index (χ0) is 12.3. The molecule has 0 atom stereocenters. The van der Waals surface area contributed by atoms with Crippen molar-refractivity contribution >= 4 is 51.3 Å². The Bertz CT molecular complexity index is 402. The fraction of sp³-hybridized carbons (Fsp3) is 0.400. The molecule has 16 heavy (non-hydrogen) atoms. The van der Waals surface area contributed by atoms with E-state index in [2.05, 4.69) is 27.6 Å². The summed E-state index contributed by atoms with van der Waals surface area (Å²) in [5.41, 5.74) is -0.558. The van der Waals surface area contributed by atoms with Gasteiger partial charge in [0.05, 0.1) is 0 Å². The minimum atomic E-state index is -0.714. The summed E-state index contributed by atoms with van der Waals surface area (Å²) < 4.78 is 11.6. The highest BCUT2D eigenvalue weighted by atomic mass is 127. The second-order valence-corrected chi connectivity index (χ2v) is 6.28. The fourth-order valence-corrected chi connectivity index (χ4v) is 1.66. The number of carbonyl (C=O) groups is 1. The van der Waals surface area contributed by atoms with Gasteiger partial charge in [0.25, 0.3) is 0 Å². The van der Waals surface area contributed by atoms with Crippen LogP contribution < -0.4 is 4.74 Å². The van der Waals surface area contributed by atoms with Crippen LogP contribution in [-0.2, 0) is 4.74 Å². The topological polar surface area (TPSA) is 48.4 Å². The fourth-order valence-electron chi connectivity index (χ4n) is 0.836. The third-order valence-corrected chi connectivity index (χ3v) is 2.76. The van der Waals surface area contributed by atoms with Gasteiger partial charge in [0.15, 0.2) is 5.75 Å². The Morgan fingerprint density at radius 2 is 2.00 bits per heavy atom. The number of hydrogen-bond acceptors (Lipinski definition) is 4. The molecule has 0 amide bonds. The van der Waals surface area contributed by atoms with Crippen molar-refractivity contribution < 1.29 is 14.3 Å². The average Bonchev–Trinajstić information content (AvgIpc) is 2.08. The van der Waals surface area contributed by atoms with Gasteiger partial charge in [0.2, 0.25) is 0 Å². The van der Waals surface area contributed by atoms with E-state index >= 15 is 0 Å². The third-order valence-electron chi connectivity index (χ3n) is 1.36. The van der Waals surface area contributed by atoms with Crippen LogP contribution in [0.4, 0.5) is 4.79 Å². The number of rotatable bonds is 1. The van der Waals surface area contributed by atoms with Gasteiger partial charge >= 0.3 is 6.16 Å². The van der Waals surface area contributed by atoms with Crippen molar-refractivity contribution in [3.05, 3.63) is 19.5 Å². The molecule has 4 nitrogen and oxygen atoms in total. The van der Waals surface area contributed by atoms with Crippen LogP contribution in [0.25, 0.3) is 0 Å². The molecule has 0 radical (unpaired) electrons. The number of nitrogens with zero attached hydrogens (tertiary/aromatic N) is 1. The molecule has 0 bridgehead atoms. The predicted molar refractivity (Wildman–Crippen MR) is 76.5 cm³/mol. The van der Waals surface area contributed by atoms with Gasteiger partial charge in [0.1, 0.15) is 9.30 Å². The average molecular weight is 447 g/mol. The van der Waals surface area contributed by atoms with E-state index in [-0.39, 0.29) is 0 Å². The first-order valence-electron chi connectivity index (χ1n) is 4.50. The van der Waals surface area contributed by atoms with Crippen LogP contribution in [-0.4, -0.2) is 16.7 Å². The molecule has 88 valence electrons. The lowest BCUT2D eigenvalue weighted by Gasteiger charge is -2.18. The van der Waals surface area contributed by atoms with Crippen LogP contribution in [0.1, 0.15) is 20.8 Å². The van der Waals surface area contributed by atoms with Gasteiger partial charge in [-0.1, -0.05) is 0 Å². The molecule has 1 rings (SSSR count). The Morgan fingerprint density at radius 3 is 2.56 bits per heavy atom. The van der Waals surface area contributed by atoms with Crippen molar-refractivity contribution in [3.63, 3.8) is 0 Å². The van der Waals surface area contributed by atoms with Crippen LogP contribution in [0.5, 0.6) is 5.75 Å². The molecule has 1 heterocycles. The molecule has 6 heteroatoms. The van der Waals surface area contributed by atoms with Crippen molar-refractivity contribution in [2.24, 2.45) is 0 Å². The van der Waals surface area contributed by atoms with E-state index in [1.54, 1.807) is 33.0 Å². The monoisotopic (exact) mass is 447 g/mol. The van der Waals surface area contributed by atoms with E-state index in [4.69, 9.17) is 9.47 Å². The number of ether oxygens (including phenoxy) is 2. The van der Waals surface area contributed by atoms with Gasteiger partial charge in [-0.3, -0.25) is 0 Å². The lowest BCUT2D eigenvalue weighted by molar-refractivity contribution is 0.0203. The smallest absolute Gasteiger partial charge is 0.428 e. The molecule has 0 aromatic carbocycles. The van der Waals surface area contributed by atoms with Crippen molar-refractivity contribution in [2.75, 3.05) is 0 Å². The maximum atomic E-state index is 11.4. The lowest BCUT2D eigenvalue weighted by Crippen LogP contribution is -2.26. The molecule has 0 N–H and O–H groups in total. The molecule has 1 aromatic rings. The molecule has 0 fully saturated rings. The Labute approximate surface area is 121 Å². The highest BCUT2D eigenvalue weighted by molar-refractivity contribution is 14.1. The number of pyridine rings is 1. The molecule has 0 unspecified atom stereocenters. The summed E-state index contributed by atoms with van der Waals surface area (Å²) in [5.74, 6) is 0.418. The first-order valence-corrected chi connectivity index (χ1v) is 6.65. The molecular formula is C10H11I2NO3. The highest BCUT2D eigenvalue weighted by Gasteiger charge is 2.19. The van der Waals surface area contributed by atoms with Gasteiger partial charge in [-0.15, -0.1) is 0 Å². The Balaban J connectivity index is 2.73. The normalized spacial score (nSPS) is 11.1. The van der Waals surface area contributed by atoms with Gasteiger partial charge < -0.3 is 9.47 Å². The lowest BCUT2D eigenvalue weighted by atomic mass is 10.2. The largest absolute Gasteiger partial charge is 0.514 e. The Morgan fingerprint density at radius 1 is 1.38 bits per heavy atom. The van der Waals surface area contributed by atoms with Gasteiger partial charge in [-0.25, -0.2) is 9.78 Å². The molecule has 0 saturated heterocycles. The summed E-state index contributed by atoms with van der Waals surface area (Å²) in [6.07, 6.45) is 0.985. The molecular weight excluding hydrogens is 436 g/mol. The van der Waals surface area contributed by atoms with Crippen molar-refractivity contribution in [3.8, 4) is 5.75 Å². The van der Waals surface area contributed by atoms with E-state index in [9.17, 15) is 4.79 Å². The third kappa shape index (κ3) is 4.81. The SMILES string of the molecule is CC(C)(C)OC(=O)Oc1cc(I)cnc1I. The minimum absolute atomic E-state index is 0.418. The van der Waals surface area contributed by atoms with Gasteiger partial charge in [-0.05, 0) is 72.0 Å². The quantitative estimate of drug-likeness (QED) is 0.375. The maximum Gasteiger partial charge on any atom is 0.514 e. The maximum absolute atomic E-state index is 11.4. The van der Waals surface area contributed by atoms with Crippen LogP contribution in [0.3, 0.4) is 0 Å². The number of halogens is 2. The van der Waals surface area contributed by atoms with Gasteiger partial charge in [0, 0.05) is 9.77 Å². The summed E-state index contributed by atoms with van der Waals surface area (Å²) in [6, 6.07) is 1.74. The van der Waals surface area contributed by atoms with Crippen LogP contribution in [0, 0.1) is 7.27 Å². The zero-order valence-corrected chi connectivity index (χ0v) is 13.4. The minimum Gasteiger partial charge on any atom is -0.428 e. The van der Waals surface area contributed by atoms with E-state index in [0.717, 1.165) is 3.57 Å². The predicted octanol–water partition coefficient (Wildman–Crippen LogP) is 3.60. The number of carbonyl (C=O) groups excluding carboxylic acids is 1. The first-order chi connectivity index (χ1) is 7.28. The highest BCUT2D eigenvalue weighted by Crippen LogP contribution is 2.22. The molecule has 0 spiro atoms. The molecule has 0 aliphatic rings. The molecule has 0 aliphatic heterocycles. The summed E-state index contributed by atoms with van der Waals surface area (Å²) in [4.78, 5) is 15.5. The van der Waals surface area contributed by atoms with E-state index in [1.165, 1.54) is 0 Å². The molecule has 0 saturated carbocycles. The van der Waals surface area contributed by atoms with E-state index in [1.807, 2.05) is 22.6 Å². The number of hydrogen-bond donors (Lipinski definition) is 0. The second-order valence-electron chi connectivity index (χ2n) is 4.01. The number of aromatic nitrogens is 1. The second kappa shape index (κ2) is 5.48. The summed E-state index contributed by atoms with van der Waals surface area (Å²) in [7, 11) is 0.